The van der Waals surface area contributed by atoms with Crippen LogP contribution in [0.15, 0.2) is 47.6 Å². The maximum absolute atomic E-state index is 12.6. The van der Waals surface area contributed by atoms with E-state index in [1.54, 1.807) is 30.3 Å². The van der Waals surface area contributed by atoms with Crippen LogP contribution in [0.2, 0.25) is 5.02 Å². The largest absolute Gasteiger partial charge is 0.483 e. The van der Waals surface area contributed by atoms with Crippen molar-refractivity contribution in [2.75, 3.05) is 6.61 Å². The Bertz CT molecular complexity index is 974. The second kappa shape index (κ2) is 11.1. The first-order valence-corrected chi connectivity index (χ1v) is 9.96. The molecule has 1 atom stereocenters. The minimum atomic E-state index is -0.795. The molecule has 9 heteroatoms. The van der Waals surface area contributed by atoms with E-state index < -0.39 is 17.9 Å². The molecule has 0 heterocycles. The third-order valence-electron chi connectivity index (χ3n) is 4.27. The Morgan fingerprint density at radius 1 is 1.16 bits per heavy atom. The first-order valence-electron chi connectivity index (χ1n) is 9.58. The number of halogens is 1. The van der Waals surface area contributed by atoms with E-state index in [4.69, 9.17) is 22.1 Å². The molecule has 164 valence electrons. The van der Waals surface area contributed by atoms with Crippen LogP contribution in [0.25, 0.3) is 0 Å². The van der Waals surface area contributed by atoms with Gasteiger partial charge < -0.3 is 15.8 Å². The number of amides is 3. The Morgan fingerprint density at radius 3 is 2.45 bits per heavy atom. The van der Waals surface area contributed by atoms with E-state index in [0.29, 0.717) is 21.9 Å². The van der Waals surface area contributed by atoms with E-state index in [9.17, 15) is 14.4 Å². The van der Waals surface area contributed by atoms with Gasteiger partial charge in [0.2, 0.25) is 0 Å². The Labute approximate surface area is 185 Å². The van der Waals surface area contributed by atoms with Gasteiger partial charge in [-0.1, -0.05) is 43.1 Å². The molecule has 0 spiro atoms. The van der Waals surface area contributed by atoms with Crippen molar-refractivity contribution in [2.24, 2.45) is 16.8 Å². The summed E-state index contributed by atoms with van der Waals surface area (Å²) in [5, 5.41) is 7.09. The summed E-state index contributed by atoms with van der Waals surface area (Å²) >= 11 is 5.99. The van der Waals surface area contributed by atoms with Gasteiger partial charge in [0, 0.05) is 16.1 Å². The van der Waals surface area contributed by atoms with Gasteiger partial charge in [0.15, 0.2) is 6.61 Å². The lowest BCUT2D eigenvalue weighted by Gasteiger charge is -2.20. The zero-order valence-corrected chi connectivity index (χ0v) is 18.3. The van der Waals surface area contributed by atoms with Crippen molar-refractivity contribution in [1.82, 2.24) is 10.7 Å². The number of carbonyl (C=O) groups is 3. The summed E-state index contributed by atoms with van der Waals surface area (Å²) in [5.74, 6) is -1.31. The molecule has 3 amide bonds. The number of ether oxygens (including phenoxy) is 1. The summed E-state index contributed by atoms with van der Waals surface area (Å²) in [5.41, 5.74) is 9.45. The molecule has 8 nitrogen and oxygen atoms in total. The SMILES string of the molecule is Cc1ccc(C(=O)NC(C(=O)NN=Cc2cc(Cl)ccc2OCC(N)=O)C(C)C)cc1. The molecule has 2 aromatic rings. The number of hydrazone groups is 1. The van der Waals surface area contributed by atoms with Crippen molar-refractivity contribution < 1.29 is 19.1 Å². The molecule has 1 unspecified atom stereocenters. The minimum Gasteiger partial charge on any atom is -0.483 e. The quantitative estimate of drug-likeness (QED) is 0.406. The zero-order chi connectivity index (χ0) is 23.0. The highest BCUT2D eigenvalue weighted by atomic mass is 35.5. The van der Waals surface area contributed by atoms with Gasteiger partial charge in [-0.3, -0.25) is 14.4 Å². The Kier molecular flexibility index (Phi) is 8.57. The van der Waals surface area contributed by atoms with E-state index in [1.165, 1.54) is 6.21 Å². The van der Waals surface area contributed by atoms with Crippen LogP contribution in [0, 0.1) is 12.8 Å². The van der Waals surface area contributed by atoms with Crippen molar-refractivity contribution in [3.63, 3.8) is 0 Å². The average molecular weight is 445 g/mol. The van der Waals surface area contributed by atoms with Gasteiger partial charge in [0.05, 0.1) is 6.21 Å². The zero-order valence-electron chi connectivity index (χ0n) is 17.5. The molecule has 0 radical (unpaired) electrons. The third kappa shape index (κ3) is 7.42. The molecule has 0 fully saturated rings. The van der Waals surface area contributed by atoms with E-state index >= 15 is 0 Å². The van der Waals surface area contributed by atoms with Gasteiger partial charge in [-0.05, 0) is 43.2 Å². The smallest absolute Gasteiger partial charge is 0.262 e. The highest BCUT2D eigenvalue weighted by Crippen LogP contribution is 2.21. The number of rotatable bonds is 9. The maximum Gasteiger partial charge on any atom is 0.262 e. The molecule has 0 saturated heterocycles. The summed E-state index contributed by atoms with van der Waals surface area (Å²) in [4.78, 5) is 36.0. The molecule has 0 aliphatic carbocycles. The Balaban J connectivity index is 2.07. The fourth-order valence-electron chi connectivity index (χ4n) is 2.60. The number of hydrogen-bond acceptors (Lipinski definition) is 5. The summed E-state index contributed by atoms with van der Waals surface area (Å²) < 4.78 is 5.31. The fourth-order valence-corrected chi connectivity index (χ4v) is 2.78. The van der Waals surface area contributed by atoms with Crippen LogP contribution in [-0.4, -0.2) is 36.6 Å². The maximum atomic E-state index is 12.6. The number of aryl methyl sites for hydroxylation is 1. The Morgan fingerprint density at radius 2 is 1.84 bits per heavy atom. The number of primary amides is 1. The fraction of sp³-hybridized carbons (Fsp3) is 0.273. The predicted molar refractivity (Wildman–Crippen MR) is 119 cm³/mol. The number of hydrogen-bond donors (Lipinski definition) is 3. The van der Waals surface area contributed by atoms with Gasteiger partial charge >= 0.3 is 0 Å². The Hall–Kier alpha value is -3.39. The molecule has 0 aromatic heterocycles. The second-order valence-corrected chi connectivity index (χ2v) is 7.67. The van der Waals surface area contributed by atoms with Crippen LogP contribution in [0.1, 0.15) is 35.3 Å². The molecular weight excluding hydrogens is 420 g/mol. The number of carbonyl (C=O) groups excluding carboxylic acids is 3. The van der Waals surface area contributed by atoms with Crippen molar-refractivity contribution in [2.45, 2.75) is 26.8 Å². The molecular formula is C22H25ClN4O4. The molecule has 0 saturated carbocycles. The van der Waals surface area contributed by atoms with E-state index in [-0.39, 0.29) is 18.4 Å². The molecule has 2 aromatic carbocycles. The van der Waals surface area contributed by atoms with Crippen molar-refractivity contribution >= 4 is 35.5 Å². The lowest BCUT2D eigenvalue weighted by molar-refractivity contribution is -0.124. The third-order valence-corrected chi connectivity index (χ3v) is 4.50. The first-order chi connectivity index (χ1) is 14.7. The van der Waals surface area contributed by atoms with Gasteiger partial charge in [-0.25, -0.2) is 5.43 Å². The highest BCUT2D eigenvalue weighted by Gasteiger charge is 2.24. The average Bonchev–Trinajstić information content (AvgIpc) is 2.71. The van der Waals surface area contributed by atoms with Crippen molar-refractivity contribution in [3.8, 4) is 5.75 Å². The normalized spacial score (nSPS) is 11.9. The van der Waals surface area contributed by atoms with Crippen LogP contribution < -0.4 is 21.2 Å². The van der Waals surface area contributed by atoms with Crippen LogP contribution >= 0.6 is 11.6 Å². The monoisotopic (exact) mass is 444 g/mol. The van der Waals surface area contributed by atoms with Crippen LogP contribution in [0.3, 0.4) is 0 Å². The summed E-state index contributed by atoms with van der Waals surface area (Å²) in [7, 11) is 0. The predicted octanol–water partition coefficient (Wildman–Crippen LogP) is 2.42. The topological polar surface area (TPSA) is 123 Å². The molecule has 31 heavy (non-hydrogen) atoms. The summed E-state index contributed by atoms with van der Waals surface area (Å²) in [6.45, 7) is 5.25. The number of benzene rings is 2. The highest BCUT2D eigenvalue weighted by molar-refractivity contribution is 6.30. The van der Waals surface area contributed by atoms with E-state index in [0.717, 1.165) is 5.56 Å². The van der Waals surface area contributed by atoms with E-state index in [1.807, 2.05) is 32.9 Å². The molecule has 0 bridgehead atoms. The van der Waals surface area contributed by atoms with Gasteiger partial charge in [-0.15, -0.1) is 0 Å². The summed E-state index contributed by atoms with van der Waals surface area (Å²) in [6.07, 6.45) is 1.33. The van der Waals surface area contributed by atoms with E-state index in [2.05, 4.69) is 15.8 Å². The van der Waals surface area contributed by atoms with Crippen LogP contribution in [-0.2, 0) is 9.59 Å². The lowest BCUT2D eigenvalue weighted by Crippen LogP contribution is -2.48. The van der Waals surface area contributed by atoms with Crippen LogP contribution in [0.5, 0.6) is 5.75 Å². The molecule has 0 aliphatic rings. The standard InChI is InChI=1S/C22H25ClN4O4/c1-13(2)20(26-21(29)15-6-4-14(3)5-7-15)22(30)27-25-11-16-10-17(23)8-9-18(16)31-12-19(24)28/h4-11,13,20H,12H2,1-3H3,(H2,24,28)(H,26,29)(H,27,30). The first kappa shape index (κ1) is 23.9. The minimum absolute atomic E-state index is 0.176. The van der Waals surface area contributed by atoms with Crippen molar-refractivity contribution in [1.29, 1.82) is 0 Å². The van der Waals surface area contributed by atoms with Gasteiger partial charge in [0.1, 0.15) is 11.8 Å². The van der Waals surface area contributed by atoms with Gasteiger partial charge in [0.25, 0.3) is 17.7 Å². The van der Waals surface area contributed by atoms with Crippen molar-refractivity contribution in [3.05, 3.63) is 64.2 Å². The summed E-state index contributed by atoms with van der Waals surface area (Å²) in [6, 6.07) is 11.0. The lowest BCUT2D eigenvalue weighted by atomic mass is 10.0. The van der Waals surface area contributed by atoms with Crippen LogP contribution in [0.4, 0.5) is 0 Å². The second-order valence-electron chi connectivity index (χ2n) is 7.23. The van der Waals surface area contributed by atoms with Gasteiger partial charge in [-0.2, -0.15) is 5.10 Å². The molecule has 4 N–H and O–H groups in total. The molecule has 2 rings (SSSR count). The number of nitrogens with one attached hydrogen (secondary N) is 2. The molecule has 0 aliphatic heterocycles. The number of nitrogens with two attached hydrogens (primary N) is 1. The number of nitrogens with zero attached hydrogens (tertiary/aromatic N) is 1.